The molecule has 0 radical (unpaired) electrons. The van der Waals surface area contributed by atoms with Crippen LogP contribution >= 0.6 is 11.6 Å². The highest BCUT2D eigenvalue weighted by Crippen LogP contribution is 2.41. The molecule has 4 rings (SSSR count). The fraction of sp³-hybridized carbons (Fsp3) is 0.231. The maximum Gasteiger partial charge on any atom is 0.341 e. The van der Waals surface area contributed by atoms with Gasteiger partial charge < -0.3 is 19.5 Å². The second-order valence-corrected chi connectivity index (χ2v) is 8.44. The topological polar surface area (TPSA) is 76.1 Å². The summed E-state index contributed by atoms with van der Waals surface area (Å²) in [6.07, 6.45) is 0.482. The summed E-state index contributed by atoms with van der Waals surface area (Å²) in [4.78, 5) is 26.0. The van der Waals surface area contributed by atoms with Gasteiger partial charge in [0.15, 0.2) is 6.61 Å². The van der Waals surface area contributed by atoms with Gasteiger partial charge in [0.05, 0.1) is 19.1 Å². The van der Waals surface area contributed by atoms with Gasteiger partial charge in [-0.25, -0.2) is 13.6 Å². The van der Waals surface area contributed by atoms with Crippen molar-refractivity contribution >= 4 is 23.5 Å². The molecule has 6 nitrogen and oxygen atoms in total. The molecule has 35 heavy (non-hydrogen) atoms. The quantitative estimate of drug-likeness (QED) is 0.469. The van der Waals surface area contributed by atoms with Crippen LogP contribution in [0.15, 0.2) is 60.7 Å². The van der Waals surface area contributed by atoms with Crippen LogP contribution in [0, 0.1) is 11.6 Å². The van der Waals surface area contributed by atoms with Crippen molar-refractivity contribution in [3.63, 3.8) is 0 Å². The Kier molecular flexibility index (Phi) is 7.51. The Bertz CT molecular complexity index is 1230. The highest BCUT2D eigenvalue weighted by Gasteiger charge is 2.34. The zero-order chi connectivity index (χ0) is 24.9. The average molecular weight is 502 g/mol. The summed E-state index contributed by atoms with van der Waals surface area (Å²) in [7, 11) is 0. The van der Waals surface area contributed by atoms with Crippen LogP contribution in [0.2, 0.25) is 5.02 Å². The lowest BCUT2D eigenvalue weighted by atomic mass is 9.87. The second kappa shape index (κ2) is 10.7. The second-order valence-electron chi connectivity index (χ2n) is 8.00. The van der Waals surface area contributed by atoms with E-state index in [1.54, 1.807) is 29.2 Å². The number of hydrogen-bond acceptors (Lipinski definition) is 4. The number of benzene rings is 3. The van der Waals surface area contributed by atoms with E-state index < -0.39 is 18.6 Å². The van der Waals surface area contributed by atoms with Crippen molar-refractivity contribution in [3.8, 4) is 11.5 Å². The Labute approximate surface area is 205 Å². The minimum Gasteiger partial charge on any atom is -0.493 e. The van der Waals surface area contributed by atoms with Crippen LogP contribution in [0.3, 0.4) is 0 Å². The minimum absolute atomic E-state index is 0.0380. The van der Waals surface area contributed by atoms with E-state index in [-0.39, 0.29) is 36.3 Å². The fourth-order valence-electron chi connectivity index (χ4n) is 4.13. The first kappa shape index (κ1) is 24.5. The first-order valence-electron chi connectivity index (χ1n) is 10.9. The lowest BCUT2D eigenvalue weighted by Crippen LogP contribution is -2.41. The Morgan fingerprint density at radius 2 is 1.71 bits per heavy atom. The summed E-state index contributed by atoms with van der Waals surface area (Å²) in [5.74, 6) is -1.45. The fourth-order valence-corrected chi connectivity index (χ4v) is 4.31. The van der Waals surface area contributed by atoms with Gasteiger partial charge in [0.1, 0.15) is 23.1 Å². The van der Waals surface area contributed by atoms with Crippen LogP contribution in [-0.2, 0) is 16.0 Å². The van der Waals surface area contributed by atoms with Gasteiger partial charge in [-0.15, -0.1) is 0 Å². The third-order valence-electron chi connectivity index (χ3n) is 5.67. The number of carbonyl (C=O) groups is 2. The molecular weight excluding hydrogens is 480 g/mol. The lowest BCUT2D eigenvalue weighted by molar-refractivity contribution is -0.139. The van der Waals surface area contributed by atoms with E-state index in [0.29, 0.717) is 34.9 Å². The van der Waals surface area contributed by atoms with Gasteiger partial charge in [0.2, 0.25) is 5.91 Å². The Hall–Kier alpha value is -3.65. The SMILES string of the molecule is O=C(O)COc1ccc(Cl)cc1C1c2ccc(F)cc2CCN1C(=O)CCOc1ccc(F)cc1. The van der Waals surface area contributed by atoms with Gasteiger partial charge in [-0.05, 0) is 72.1 Å². The molecule has 0 saturated heterocycles. The molecule has 1 aliphatic rings. The predicted octanol–water partition coefficient (Wildman–Crippen LogP) is 5.02. The van der Waals surface area contributed by atoms with Crippen molar-refractivity contribution in [1.82, 2.24) is 4.90 Å². The number of aliphatic carboxylic acids is 1. The summed E-state index contributed by atoms with van der Waals surface area (Å²) in [6.45, 7) is -0.194. The van der Waals surface area contributed by atoms with Crippen LogP contribution in [0.4, 0.5) is 8.78 Å². The van der Waals surface area contributed by atoms with E-state index in [2.05, 4.69) is 0 Å². The molecule has 9 heteroatoms. The van der Waals surface area contributed by atoms with Gasteiger partial charge >= 0.3 is 5.97 Å². The van der Waals surface area contributed by atoms with Gasteiger partial charge in [-0.1, -0.05) is 17.7 Å². The van der Waals surface area contributed by atoms with E-state index >= 15 is 0 Å². The molecule has 0 spiro atoms. The number of halogens is 3. The van der Waals surface area contributed by atoms with Crippen molar-refractivity contribution in [3.05, 3.63) is 94.0 Å². The Morgan fingerprint density at radius 1 is 0.971 bits per heavy atom. The number of nitrogens with zero attached hydrogens (tertiary/aromatic N) is 1. The van der Waals surface area contributed by atoms with Crippen molar-refractivity contribution in [2.75, 3.05) is 19.8 Å². The molecule has 0 aliphatic carbocycles. The molecule has 0 fully saturated rings. The molecule has 1 amide bonds. The average Bonchev–Trinajstić information content (AvgIpc) is 2.83. The number of ether oxygens (including phenoxy) is 2. The molecule has 3 aromatic rings. The zero-order valence-electron chi connectivity index (χ0n) is 18.5. The van der Waals surface area contributed by atoms with Crippen molar-refractivity contribution < 1.29 is 33.0 Å². The monoisotopic (exact) mass is 501 g/mol. The van der Waals surface area contributed by atoms with E-state index in [1.165, 1.54) is 36.4 Å². The third-order valence-corrected chi connectivity index (χ3v) is 5.90. The number of fused-ring (bicyclic) bond motifs is 1. The van der Waals surface area contributed by atoms with E-state index in [4.69, 9.17) is 26.2 Å². The van der Waals surface area contributed by atoms with Gasteiger partial charge in [-0.3, -0.25) is 4.79 Å². The molecule has 1 unspecified atom stereocenters. The summed E-state index contributed by atoms with van der Waals surface area (Å²) in [5, 5.41) is 9.45. The molecule has 0 bridgehead atoms. The summed E-state index contributed by atoms with van der Waals surface area (Å²) < 4.78 is 38.1. The lowest BCUT2D eigenvalue weighted by Gasteiger charge is -2.38. The molecule has 0 aromatic heterocycles. The summed E-state index contributed by atoms with van der Waals surface area (Å²) >= 11 is 6.26. The zero-order valence-corrected chi connectivity index (χ0v) is 19.3. The number of carbonyl (C=O) groups excluding carboxylic acids is 1. The summed E-state index contributed by atoms with van der Waals surface area (Å²) in [6, 6.07) is 13.9. The van der Waals surface area contributed by atoms with E-state index in [0.717, 1.165) is 5.56 Å². The molecule has 3 aromatic carbocycles. The highest BCUT2D eigenvalue weighted by molar-refractivity contribution is 6.30. The van der Waals surface area contributed by atoms with Crippen molar-refractivity contribution in [2.24, 2.45) is 0 Å². The Morgan fingerprint density at radius 3 is 2.46 bits per heavy atom. The highest BCUT2D eigenvalue weighted by atomic mass is 35.5. The maximum absolute atomic E-state index is 14.0. The molecular formula is C26H22ClF2NO5. The molecule has 1 heterocycles. The smallest absolute Gasteiger partial charge is 0.341 e. The van der Waals surface area contributed by atoms with Gasteiger partial charge in [-0.2, -0.15) is 0 Å². The summed E-state index contributed by atoms with van der Waals surface area (Å²) in [5.41, 5.74) is 1.94. The standard InChI is InChI=1S/C26H22ClF2NO5/c27-17-1-8-23(35-15-25(32)33)22(14-17)26-21-7-4-19(29)13-16(21)9-11-30(26)24(31)10-12-34-20-5-2-18(28)3-6-20/h1-8,13-14,26H,9-12,15H2,(H,32,33). The van der Waals surface area contributed by atoms with Crippen LogP contribution in [0.1, 0.15) is 29.2 Å². The minimum atomic E-state index is -1.15. The largest absolute Gasteiger partial charge is 0.493 e. The normalized spacial score (nSPS) is 14.8. The number of carboxylic acids is 1. The molecule has 1 atom stereocenters. The van der Waals surface area contributed by atoms with Crippen LogP contribution < -0.4 is 9.47 Å². The van der Waals surface area contributed by atoms with E-state index in [1.807, 2.05) is 0 Å². The van der Waals surface area contributed by atoms with Crippen molar-refractivity contribution in [1.29, 1.82) is 0 Å². The first-order valence-corrected chi connectivity index (χ1v) is 11.3. The number of amides is 1. The van der Waals surface area contributed by atoms with Crippen LogP contribution in [0.5, 0.6) is 11.5 Å². The van der Waals surface area contributed by atoms with Gasteiger partial charge in [0.25, 0.3) is 0 Å². The predicted molar refractivity (Wildman–Crippen MR) is 125 cm³/mol. The molecule has 1 aliphatic heterocycles. The maximum atomic E-state index is 14.0. The number of hydrogen-bond donors (Lipinski definition) is 1. The molecule has 0 saturated carbocycles. The molecule has 1 N–H and O–H groups in total. The third kappa shape index (κ3) is 5.89. The molecule has 182 valence electrons. The van der Waals surface area contributed by atoms with Crippen molar-refractivity contribution in [2.45, 2.75) is 18.9 Å². The van der Waals surface area contributed by atoms with Gasteiger partial charge in [0, 0.05) is 17.1 Å². The van der Waals surface area contributed by atoms with Crippen LogP contribution in [0.25, 0.3) is 0 Å². The number of rotatable bonds is 8. The Balaban J connectivity index is 1.63. The first-order chi connectivity index (χ1) is 16.8. The van der Waals surface area contributed by atoms with Crippen LogP contribution in [-0.4, -0.2) is 41.6 Å². The van der Waals surface area contributed by atoms with E-state index in [9.17, 15) is 18.4 Å². The number of carboxylic acid groups (broad SMARTS) is 1.